The fourth-order valence-electron chi connectivity index (χ4n) is 0.399. The maximum atomic E-state index is 10.1. The number of hydrogen-bond acceptors (Lipinski definition) is 3. The van der Waals surface area contributed by atoms with Gasteiger partial charge >= 0.3 is 11.9 Å². The molecule has 0 rings (SSSR count). The van der Waals surface area contributed by atoms with Crippen LogP contribution in [0.4, 0.5) is 0 Å². The van der Waals surface area contributed by atoms with Gasteiger partial charge in [0.05, 0.1) is 5.57 Å². The molecular weight excluding hydrogens is 150 g/mol. The zero-order valence-electron chi connectivity index (χ0n) is 5.66. The molecule has 0 atom stereocenters. The van der Waals surface area contributed by atoms with Crippen LogP contribution in [0.1, 0.15) is 6.92 Å². The van der Waals surface area contributed by atoms with Gasteiger partial charge in [-0.3, -0.25) is 0 Å². The average molecular weight is 155 g/mol. The van der Waals surface area contributed by atoms with Gasteiger partial charge < -0.3 is 10.2 Å². The minimum absolute atomic E-state index is 0.458. The van der Waals surface area contributed by atoms with Crippen LogP contribution in [-0.2, 0) is 9.59 Å². The predicted octanol–water partition coefficient (Wildman–Crippen LogP) is -0.00432. The molecule has 0 aliphatic heterocycles. The highest BCUT2D eigenvalue weighted by Crippen LogP contribution is 2.02. The highest BCUT2D eigenvalue weighted by Gasteiger charge is 2.14. The molecule has 0 unspecified atom stereocenters. The van der Waals surface area contributed by atoms with E-state index in [-0.39, 0.29) is 0 Å². The number of aliphatic carboxylic acids is 2. The van der Waals surface area contributed by atoms with Crippen molar-refractivity contribution in [2.45, 2.75) is 6.92 Å². The summed E-state index contributed by atoms with van der Waals surface area (Å²) in [6.45, 7) is 1.06. The molecule has 0 saturated carbocycles. The maximum Gasteiger partial charge on any atom is 0.346 e. The Kier molecular flexibility index (Phi) is 2.81. The molecule has 0 bridgehead atoms. The molecule has 5 nitrogen and oxygen atoms in total. The Bertz CT molecular complexity index is 271. The molecule has 0 heterocycles. The van der Waals surface area contributed by atoms with Crippen LogP contribution in [0, 0.1) is 11.3 Å². The second kappa shape index (κ2) is 3.37. The van der Waals surface area contributed by atoms with Crippen LogP contribution in [-0.4, -0.2) is 22.2 Å². The van der Waals surface area contributed by atoms with Gasteiger partial charge in [0.15, 0.2) is 0 Å². The quantitative estimate of drug-likeness (QED) is 0.431. The number of rotatable bonds is 2. The molecule has 0 aliphatic carbocycles. The van der Waals surface area contributed by atoms with E-state index < -0.39 is 23.1 Å². The molecule has 58 valence electrons. The minimum Gasteiger partial charge on any atom is -0.478 e. The first-order valence-corrected chi connectivity index (χ1v) is 2.58. The van der Waals surface area contributed by atoms with Crippen LogP contribution in [0.15, 0.2) is 11.1 Å². The monoisotopic (exact) mass is 155 g/mol. The standard InChI is InChI=1S/C6H5NO4/c1-3(5(8)9)4(2-7)6(10)11/h1H3,(H,8,9)(H,10,11). The summed E-state index contributed by atoms with van der Waals surface area (Å²) in [7, 11) is 0. The van der Waals surface area contributed by atoms with Gasteiger partial charge in [-0.05, 0) is 6.92 Å². The molecule has 0 aromatic carbocycles. The van der Waals surface area contributed by atoms with Crippen molar-refractivity contribution in [1.82, 2.24) is 0 Å². The van der Waals surface area contributed by atoms with E-state index in [2.05, 4.69) is 0 Å². The number of carboxylic acids is 2. The molecule has 5 heteroatoms. The van der Waals surface area contributed by atoms with Crippen LogP contribution < -0.4 is 0 Å². The normalized spacial score (nSPS) is 11.3. The molecule has 2 N–H and O–H groups in total. The SMILES string of the molecule is CC(C(=O)O)=C(C#N)C(=O)O. The zero-order chi connectivity index (χ0) is 9.02. The molecule has 0 aliphatic rings. The van der Waals surface area contributed by atoms with Gasteiger partial charge in [0.2, 0.25) is 0 Å². The third-order valence-corrected chi connectivity index (χ3v) is 1.02. The average Bonchev–Trinajstić information content (AvgIpc) is 1.88. The number of carbonyl (C=O) groups is 2. The van der Waals surface area contributed by atoms with Gasteiger partial charge in [-0.15, -0.1) is 0 Å². The first-order chi connectivity index (χ1) is 5.00. The van der Waals surface area contributed by atoms with Gasteiger partial charge in [0, 0.05) is 0 Å². The van der Waals surface area contributed by atoms with Crippen LogP contribution in [0.2, 0.25) is 0 Å². The van der Waals surface area contributed by atoms with Gasteiger partial charge in [0.25, 0.3) is 0 Å². The van der Waals surface area contributed by atoms with Crippen molar-refractivity contribution in [2.75, 3.05) is 0 Å². The van der Waals surface area contributed by atoms with Crippen molar-refractivity contribution >= 4 is 11.9 Å². The highest BCUT2D eigenvalue weighted by atomic mass is 16.4. The van der Waals surface area contributed by atoms with Gasteiger partial charge in [0.1, 0.15) is 11.6 Å². The molecular formula is C6H5NO4. The predicted molar refractivity (Wildman–Crippen MR) is 33.6 cm³/mol. The van der Waals surface area contributed by atoms with Crippen LogP contribution >= 0.6 is 0 Å². The third-order valence-electron chi connectivity index (χ3n) is 1.02. The first-order valence-electron chi connectivity index (χ1n) is 2.58. The van der Waals surface area contributed by atoms with E-state index in [0.29, 0.717) is 0 Å². The molecule has 0 aromatic heterocycles. The summed E-state index contributed by atoms with van der Waals surface area (Å²) in [6, 6.07) is 1.28. The van der Waals surface area contributed by atoms with Crippen molar-refractivity contribution in [3.8, 4) is 6.07 Å². The second-order valence-electron chi connectivity index (χ2n) is 1.72. The Morgan fingerprint density at radius 2 is 1.73 bits per heavy atom. The Hall–Kier alpha value is -1.83. The number of hydrogen-bond donors (Lipinski definition) is 2. The van der Waals surface area contributed by atoms with E-state index in [1.165, 1.54) is 6.07 Å². The summed E-state index contributed by atoms with van der Waals surface area (Å²) < 4.78 is 0. The van der Waals surface area contributed by atoms with Crippen molar-refractivity contribution in [2.24, 2.45) is 0 Å². The first kappa shape index (κ1) is 9.17. The van der Waals surface area contributed by atoms with Gasteiger partial charge in [-0.1, -0.05) is 0 Å². The second-order valence-corrected chi connectivity index (χ2v) is 1.72. The molecule has 0 saturated heterocycles. The lowest BCUT2D eigenvalue weighted by molar-refractivity contribution is -0.135. The molecule has 0 aromatic rings. The molecule has 0 fully saturated rings. The lowest BCUT2D eigenvalue weighted by atomic mass is 10.1. The number of carboxylic acid groups (broad SMARTS) is 2. The fourth-order valence-corrected chi connectivity index (χ4v) is 0.399. The van der Waals surface area contributed by atoms with Crippen molar-refractivity contribution in [3.63, 3.8) is 0 Å². The van der Waals surface area contributed by atoms with E-state index >= 15 is 0 Å². The van der Waals surface area contributed by atoms with E-state index in [1.807, 2.05) is 0 Å². The smallest absolute Gasteiger partial charge is 0.346 e. The van der Waals surface area contributed by atoms with E-state index in [1.54, 1.807) is 0 Å². The summed E-state index contributed by atoms with van der Waals surface area (Å²) in [5.41, 5.74) is -1.20. The maximum absolute atomic E-state index is 10.1. The van der Waals surface area contributed by atoms with Crippen LogP contribution in [0.25, 0.3) is 0 Å². The van der Waals surface area contributed by atoms with Gasteiger partial charge in [-0.2, -0.15) is 5.26 Å². The van der Waals surface area contributed by atoms with Crippen molar-refractivity contribution in [3.05, 3.63) is 11.1 Å². The largest absolute Gasteiger partial charge is 0.478 e. The lowest BCUT2D eigenvalue weighted by Gasteiger charge is -1.92. The topological polar surface area (TPSA) is 98.4 Å². The van der Waals surface area contributed by atoms with Crippen molar-refractivity contribution < 1.29 is 19.8 Å². The van der Waals surface area contributed by atoms with E-state index in [0.717, 1.165) is 6.92 Å². The van der Waals surface area contributed by atoms with Crippen molar-refractivity contribution in [1.29, 1.82) is 5.26 Å². The van der Waals surface area contributed by atoms with Crippen LogP contribution in [0.3, 0.4) is 0 Å². The summed E-state index contributed by atoms with van der Waals surface area (Å²) in [6.07, 6.45) is 0. The van der Waals surface area contributed by atoms with Crippen LogP contribution in [0.5, 0.6) is 0 Å². The summed E-state index contributed by atoms with van der Waals surface area (Å²) >= 11 is 0. The number of nitrogens with zero attached hydrogens (tertiary/aromatic N) is 1. The summed E-state index contributed by atoms with van der Waals surface area (Å²) in [5.74, 6) is -2.92. The lowest BCUT2D eigenvalue weighted by Crippen LogP contribution is -2.07. The highest BCUT2D eigenvalue weighted by molar-refractivity contribution is 6.01. The molecule has 0 spiro atoms. The Labute approximate surface area is 62.2 Å². The number of nitriles is 1. The minimum atomic E-state index is -1.52. The fraction of sp³-hybridized carbons (Fsp3) is 0.167. The van der Waals surface area contributed by atoms with Gasteiger partial charge in [-0.25, -0.2) is 9.59 Å². The Balaban J connectivity index is 5.04. The Morgan fingerprint density at radius 1 is 1.27 bits per heavy atom. The molecule has 11 heavy (non-hydrogen) atoms. The van der Waals surface area contributed by atoms with E-state index in [9.17, 15) is 9.59 Å². The Morgan fingerprint density at radius 3 is 1.82 bits per heavy atom. The third kappa shape index (κ3) is 2.10. The molecule has 0 amide bonds. The zero-order valence-corrected chi connectivity index (χ0v) is 5.66. The molecule has 0 radical (unpaired) electrons. The summed E-state index contributed by atoms with van der Waals surface area (Å²) in [4.78, 5) is 20.3. The van der Waals surface area contributed by atoms with E-state index in [4.69, 9.17) is 15.5 Å². The summed E-state index contributed by atoms with van der Waals surface area (Å²) in [5, 5.41) is 24.7.